The predicted molar refractivity (Wildman–Crippen MR) is 94.7 cm³/mol. The van der Waals surface area contributed by atoms with E-state index in [0.29, 0.717) is 28.0 Å². The largest absolute Gasteiger partial charge is 0.497 e. The molecule has 3 rings (SSSR count). The Labute approximate surface area is 148 Å². The summed E-state index contributed by atoms with van der Waals surface area (Å²) in [5, 5.41) is 8.42. The number of halogens is 1. The molecule has 3 aromatic rings. The number of hydrogen-bond acceptors (Lipinski definition) is 5. The van der Waals surface area contributed by atoms with Crippen molar-refractivity contribution in [2.24, 2.45) is 0 Å². The van der Waals surface area contributed by atoms with Gasteiger partial charge in [-0.25, -0.2) is 0 Å². The Morgan fingerprint density at radius 3 is 2.83 bits per heavy atom. The first kappa shape index (κ1) is 16.7. The quantitative estimate of drug-likeness (QED) is 0.645. The summed E-state index contributed by atoms with van der Waals surface area (Å²) in [5.74, 6) is 2.51. The van der Waals surface area contributed by atoms with E-state index < -0.39 is 0 Å². The average molecular weight is 363 g/mol. The third-order valence-electron chi connectivity index (χ3n) is 3.24. The highest BCUT2D eigenvalue weighted by Crippen LogP contribution is 2.32. The van der Waals surface area contributed by atoms with Crippen molar-refractivity contribution in [2.75, 3.05) is 12.9 Å². The fraction of sp³-hybridized carbons (Fsp3) is 0.176. The Bertz CT molecular complexity index is 872. The molecule has 0 bridgehead atoms. The van der Waals surface area contributed by atoms with E-state index >= 15 is 0 Å². The van der Waals surface area contributed by atoms with E-state index in [1.807, 2.05) is 30.3 Å². The van der Waals surface area contributed by atoms with Gasteiger partial charge in [0, 0.05) is 16.7 Å². The normalized spacial score (nSPS) is 10.8. The van der Waals surface area contributed by atoms with Gasteiger partial charge in [0.15, 0.2) is 5.76 Å². The maximum atomic E-state index is 11.0. The molecule has 1 N–H and O–H groups in total. The number of aromatic amines is 1. The molecule has 0 atom stereocenters. The third kappa shape index (κ3) is 3.83. The molecule has 1 aromatic carbocycles. The standard InChI is InChI=1S/C17H15ClN2O3S/c1-10(21)9-24-17-8-14(19-20-17)16-4-3-15(23-16)11-5-12(18)7-13(6-11)22-2/h3-8H,9H2,1-2H3,(H,19,20). The van der Waals surface area contributed by atoms with Gasteiger partial charge < -0.3 is 9.15 Å². The molecule has 0 unspecified atom stereocenters. The number of nitrogens with zero attached hydrogens (tertiary/aromatic N) is 1. The molecule has 0 saturated carbocycles. The molecule has 2 heterocycles. The van der Waals surface area contributed by atoms with Crippen LogP contribution in [0.3, 0.4) is 0 Å². The van der Waals surface area contributed by atoms with Crippen molar-refractivity contribution >= 4 is 29.1 Å². The van der Waals surface area contributed by atoms with Crippen molar-refractivity contribution in [2.45, 2.75) is 11.9 Å². The summed E-state index contributed by atoms with van der Waals surface area (Å²) in [5.41, 5.74) is 1.58. The lowest BCUT2D eigenvalue weighted by molar-refractivity contribution is -0.114. The van der Waals surface area contributed by atoms with E-state index in [1.165, 1.54) is 11.8 Å². The van der Waals surface area contributed by atoms with E-state index in [-0.39, 0.29) is 5.78 Å². The molecule has 0 saturated heterocycles. The van der Waals surface area contributed by atoms with Gasteiger partial charge >= 0.3 is 0 Å². The fourth-order valence-electron chi connectivity index (χ4n) is 2.14. The van der Waals surface area contributed by atoms with E-state index in [9.17, 15) is 4.79 Å². The summed E-state index contributed by atoms with van der Waals surface area (Å²) in [7, 11) is 1.59. The number of benzene rings is 1. The molecule has 0 amide bonds. The summed E-state index contributed by atoms with van der Waals surface area (Å²) < 4.78 is 11.1. The number of carbonyl (C=O) groups is 1. The number of ether oxygens (including phenoxy) is 1. The van der Waals surface area contributed by atoms with E-state index in [4.69, 9.17) is 20.8 Å². The Balaban J connectivity index is 1.83. The fourth-order valence-corrected chi connectivity index (χ4v) is 3.03. The minimum atomic E-state index is 0.111. The summed E-state index contributed by atoms with van der Waals surface area (Å²) in [4.78, 5) is 11.0. The molecule has 0 aliphatic rings. The zero-order valence-corrected chi connectivity index (χ0v) is 14.7. The summed E-state index contributed by atoms with van der Waals surface area (Å²) in [6, 6.07) is 11.0. The van der Waals surface area contributed by atoms with Crippen LogP contribution in [0.4, 0.5) is 0 Å². The molecule has 0 radical (unpaired) electrons. The number of carbonyl (C=O) groups excluding carboxylic acids is 1. The molecule has 0 aliphatic carbocycles. The van der Waals surface area contributed by atoms with Gasteiger partial charge in [-0.05, 0) is 37.3 Å². The summed E-state index contributed by atoms with van der Waals surface area (Å²) in [6.45, 7) is 1.55. The van der Waals surface area contributed by atoms with Crippen molar-refractivity contribution in [3.63, 3.8) is 0 Å². The predicted octanol–water partition coefficient (Wildman–Crippen LogP) is 4.68. The van der Waals surface area contributed by atoms with Crippen LogP contribution in [-0.2, 0) is 4.79 Å². The number of ketones is 1. The highest BCUT2D eigenvalue weighted by Gasteiger charge is 2.12. The van der Waals surface area contributed by atoms with Crippen LogP contribution in [0, 0.1) is 0 Å². The number of aromatic nitrogens is 2. The van der Waals surface area contributed by atoms with E-state index in [2.05, 4.69) is 10.2 Å². The highest BCUT2D eigenvalue weighted by molar-refractivity contribution is 7.99. The van der Waals surface area contributed by atoms with Gasteiger partial charge in [-0.15, -0.1) is 0 Å². The number of hydrogen-bond donors (Lipinski definition) is 1. The molecule has 24 heavy (non-hydrogen) atoms. The first-order valence-electron chi connectivity index (χ1n) is 7.18. The van der Waals surface area contributed by atoms with Crippen LogP contribution in [-0.4, -0.2) is 28.8 Å². The summed E-state index contributed by atoms with van der Waals surface area (Å²) in [6.07, 6.45) is 0. The van der Waals surface area contributed by atoms with Crippen LogP contribution >= 0.6 is 23.4 Å². The number of nitrogens with one attached hydrogen (secondary N) is 1. The summed E-state index contributed by atoms with van der Waals surface area (Å²) >= 11 is 7.48. The van der Waals surface area contributed by atoms with Gasteiger partial charge in [0.1, 0.15) is 28.0 Å². The smallest absolute Gasteiger partial charge is 0.152 e. The van der Waals surface area contributed by atoms with Gasteiger partial charge in [-0.1, -0.05) is 23.4 Å². The molecule has 5 nitrogen and oxygen atoms in total. The second-order valence-corrected chi connectivity index (χ2v) is 6.59. The lowest BCUT2D eigenvalue weighted by Gasteiger charge is -2.03. The SMILES string of the molecule is COc1cc(Cl)cc(-c2ccc(-c3cc(SCC(C)=O)n[nH]3)o2)c1. The van der Waals surface area contributed by atoms with Crippen molar-refractivity contribution in [1.82, 2.24) is 10.2 Å². The van der Waals surface area contributed by atoms with Crippen molar-refractivity contribution in [1.29, 1.82) is 0 Å². The zero-order chi connectivity index (χ0) is 17.1. The Hall–Kier alpha value is -2.18. The van der Waals surface area contributed by atoms with Gasteiger partial charge in [0.05, 0.1) is 12.9 Å². The van der Waals surface area contributed by atoms with Crippen LogP contribution in [0.15, 0.2) is 45.8 Å². The number of methoxy groups -OCH3 is 1. The molecule has 0 aliphatic heterocycles. The van der Waals surface area contributed by atoms with Crippen LogP contribution < -0.4 is 4.74 Å². The van der Waals surface area contributed by atoms with Crippen LogP contribution in [0.1, 0.15) is 6.92 Å². The lowest BCUT2D eigenvalue weighted by Crippen LogP contribution is -1.92. The molecular formula is C17H15ClN2O3S. The monoisotopic (exact) mass is 362 g/mol. The molecular weight excluding hydrogens is 348 g/mol. The molecule has 124 valence electrons. The molecule has 2 aromatic heterocycles. The average Bonchev–Trinajstić information content (AvgIpc) is 3.21. The zero-order valence-electron chi connectivity index (χ0n) is 13.1. The Morgan fingerprint density at radius 2 is 2.08 bits per heavy atom. The van der Waals surface area contributed by atoms with Crippen LogP contribution in [0.25, 0.3) is 22.8 Å². The Morgan fingerprint density at radius 1 is 1.29 bits per heavy atom. The van der Waals surface area contributed by atoms with Crippen molar-refractivity contribution in [3.8, 4) is 28.5 Å². The van der Waals surface area contributed by atoms with Gasteiger partial charge in [0.25, 0.3) is 0 Å². The molecule has 7 heteroatoms. The number of furan rings is 1. The minimum absolute atomic E-state index is 0.111. The second kappa shape index (κ2) is 7.15. The molecule has 0 spiro atoms. The van der Waals surface area contributed by atoms with Crippen molar-refractivity contribution in [3.05, 3.63) is 41.4 Å². The van der Waals surface area contributed by atoms with E-state index in [0.717, 1.165) is 16.3 Å². The van der Waals surface area contributed by atoms with Crippen LogP contribution in [0.2, 0.25) is 5.02 Å². The lowest BCUT2D eigenvalue weighted by atomic mass is 10.1. The van der Waals surface area contributed by atoms with E-state index in [1.54, 1.807) is 20.1 Å². The van der Waals surface area contributed by atoms with Crippen molar-refractivity contribution < 1.29 is 13.9 Å². The Kier molecular flexibility index (Phi) is 4.97. The number of rotatable bonds is 6. The molecule has 0 fully saturated rings. The number of H-pyrrole nitrogens is 1. The van der Waals surface area contributed by atoms with Gasteiger partial charge in [-0.3, -0.25) is 9.89 Å². The van der Waals surface area contributed by atoms with Gasteiger partial charge in [-0.2, -0.15) is 5.10 Å². The second-order valence-electron chi connectivity index (χ2n) is 5.15. The topological polar surface area (TPSA) is 68.1 Å². The maximum absolute atomic E-state index is 11.0. The minimum Gasteiger partial charge on any atom is -0.497 e. The first-order chi connectivity index (χ1) is 11.5. The number of Topliss-reactive ketones (excluding diaryl/α,β-unsaturated/α-hetero) is 1. The maximum Gasteiger partial charge on any atom is 0.152 e. The van der Waals surface area contributed by atoms with Gasteiger partial charge in [0.2, 0.25) is 0 Å². The highest BCUT2D eigenvalue weighted by atomic mass is 35.5. The van der Waals surface area contributed by atoms with Crippen LogP contribution in [0.5, 0.6) is 5.75 Å². The number of thioether (sulfide) groups is 1. The first-order valence-corrected chi connectivity index (χ1v) is 8.54. The third-order valence-corrected chi connectivity index (χ3v) is 4.51.